The number of thioether (sulfide) groups is 1. The Kier molecular flexibility index (Phi) is 6.36. The van der Waals surface area contributed by atoms with Crippen molar-refractivity contribution >= 4 is 29.3 Å². The molecule has 0 bridgehead atoms. The largest absolute Gasteiger partial charge is 0.461 e. The SMILES string of the molecule is C=CCn1c(SC(C)C(=O)NCc2ccc(Cl)cc2)nnc1-c1ccco1. The Morgan fingerprint density at radius 3 is 2.81 bits per heavy atom. The number of benzene rings is 1. The zero-order valence-electron chi connectivity index (χ0n) is 14.8. The maximum Gasteiger partial charge on any atom is 0.233 e. The fraction of sp³-hybridized carbons (Fsp3) is 0.211. The van der Waals surface area contributed by atoms with Crippen LogP contribution in [0.1, 0.15) is 12.5 Å². The van der Waals surface area contributed by atoms with Crippen LogP contribution in [0.15, 0.2) is 64.9 Å². The fourth-order valence-corrected chi connectivity index (χ4v) is 3.41. The van der Waals surface area contributed by atoms with Crippen molar-refractivity contribution in [3.63, 3.8) is 0 Å². The van der Waals surface area contributed by atoms with Crippen LogP contribution < -0.4 is 5.32 Å². The number of carbonyl (C=O) groups excluding carboxylic acids is 1. The van der Waals surface area contributed by atoms with Gasteiger partial charge in [-0.1, -0.05) is 41.6 Å². The van der Waals surface area contributed by atoms with Gasteiger partial charge >= 0.3 is 0 Å². The van der Waals surface area contributed by atoms with Gasteiger partial charge in [0.2, 0.25) is 11.7 Å². The molecular formula is C19H19ClN4O2S. The predicted octanol–water partition coefficient (Wildman–Crippen LogP) is 4.17. The fourth-order valence-electron chi connectivity index (χ4n) is 2.40. The minimum Gasteiger partial charge on any atom is -0.461 e. The number of amides is 1. The van der Waals surface area contributed by atoms with Gasteiger partial charge in [0.05, 0.1) is 11.5 Å². The zero-order chi connectivity index (χ0) is 19.2. The molecule has 0 spiro atoms. The summed E-state index contributed by atoms with van der Waals surface area (Å²) in [6, 6.07) is 11.0. The molecule has 6 nitrogen and oxygen atoms in total. The van der Waals surface area contributed by atoms with Gasteiger partial charge in [-0.05, 0) is 36.8 Å². The molecule has 0 aliphatic rings. The third kappa shape index (κ3) is 4.81. The zero-order valence-corrected chi connectivity index (χ0v) is 16.3. The average Bonchev–Trinajstić information content (AvgIpc) is 3.32. The number of rotatable bonds is 8. The summed E-state index contributed by atoms with van der Waals surface area (Å²) in [5, 5.41) is 12.3. The summed E-state index contributed by atoms with van der Waals surface area (Å²) >= 11 is 7.22. The highest BCUT2D eigenvalue weighted by Crippen LogP contribution is 2.27. The molecule has 1 aromatic carbocycles. The Labute approximate surface area is 166 Å². The Hall–Kier alpha value is -2.51. The molecule has 1 amide bonds. The molecular weight excluding hydrogens is 384 g/mol. The normalized spacial score (nSPS) is 11.9. The Morgan fingerprint density at radius 2 is 2.15 bits per heavy atom. The van der Waals surface area contributed by atoms with Crippen molar-refractivity contribution in [1.82, 2.24) is 20.1 Å². The number of halogens is 1. The van der Waals surface area contributed by atoms with Gasteiger partial charge in [-0.3, -0.25) is 9.36 Å². The first-order chi connectivity index (χ1) is 13.1. The Bertz CT molecular complexity index is 906. The van der Waals surface area contributed by atoms with E-state index in [1.165, 1.54) is 11.8 Å². The number of allylic oxidation sites excluding steroid dienone is 1. The molecule has 140 valence electrons. The number of furan rings is 1. The average molecular weight is 403 g/mol. The van der Waals surface area contributed by atoms with E-state index in [0.717, 1.165) is 5.56 Å². The van der Waals surface area contributed by atoms with E-state index < -0.39 is 0 Å². The van der Waals surface area contributed by atoms with Gasteiger partial charge in [0.25, 0.3) is 0 Å². The molecule has 2 aromatic heterocycles. The van der Waals surface area contributed by atoms with Gasteiger partial charge in [-0.15, -0.1) is 16.8 Å². The molecule has 0 aliphatic heterocycles. The Morgan fingerprint density at radius 1 is 1.37 bits per heavy atom. The van der Waals surface area contributed by atoms with E-state index in [-0.39, 0.29) is 11.2 Å². The highest BCUT2D eigenvalue weighted by atomic mass is 35.5. The van der Waals surface area contributed by atoms with Crippen LogP contribution >= 0.6 is 23.4 Å². The summed E-state index contributed by atoms with van der Waals surface area (Å²) < 4.78 is 7.29. The summed E-state index contributed by atoms with van der Waals surface area (Å²) in [5.41, 5.74) is 0.986. The minimum absolute atomic E-state index is 0.0809. The summed E-state index contributed by atoms with van der Waals surface area (Å²) in [7, 11) is 0. The minimum atomic E-state index is -0.338. The maximum absolute atomic E-state index is 12.4. The van der Waals surface area contributed by atoms with Crippen molar-refractivity contribution in [2.24, 2.45) is 0 Å². The van der Waals surface area contributed by atoms with Crippen LogP contribution in [0, 0.1) is 0 Å². The van der Waals surface area contributed by atoms with Gasteiger partial charge in [0.15, 0.2) is 10.9 Å². The van der Waals surface area contributed by atoms with Crippen LogP contribution in [-0.2, 0) is 17.9 Å². The first-order valence-corrected chi connectivity index (χ1v) is 9.61. The molecule has 27 heavy (non-hydrogen) atoms. The van der Waals surface area contributed by atoms with Crippen LogP contribution in [0.5, 0.6) is 0 Å². The van der Waals surface area contributed by atoms with E-state index in [9.17, 15) is 4.79 Å². The number of hydrogen-bond donors (Lipinski definition) is 1. The van der Waals surface area contributed by atoms with E-state index in [2.05, 4.69) is 22.1 Å². The standard InChI is InChI=1S/C19H19ClN4O2S/c1-3-10-24-17(16-5-4-11-26-16)22-23-19(24)27-13(2)18(25)21-12-14-6-8-15(20)9-7-14/h3-9,11,13H,1,10,12H2,2H3,(H,21,25). The second-order valence-electron chi connectivity index (χ2n) is 5.79. The maximum atomic E-state index is 12.4. The van der Waals surface area contributed by atoms with Gasteiger partial charge in [-0.2, -0.15) is 0 Å². The summed E-state index contributed by atoms with van der Waals surface area (Å²) in [4.78, 5) is 12.4. The third-order valence-corrected chi connectivity index (χ3v) is 5.13. The molecule has 0 radical (unpaired) electrons. The van der Waals surface area contributed by atoms with Crippen molar-refractivity contribution in [2.45, 2.75) is 30.4 Å². The van der Waals surface area contributed by atoms with Crippen LogP contribution in [0.2, 0.25) is 5.02 Å². The highest BCUT2D eigenvalue weighted by Gasteiger charge is 2.21. The summed E-state index contributed by atoms with van der Waals surface area (Å²) in [6.07, 6.45) is 3.34. The lowest BCUT2D eigenvalue weighted by molar-refractivity contribution is -0.120. The van der Waals surface area contributed by atoms with Crippen LogP contribution in [0.4, 0.5) is 0 Å². The summed E-state index contributed by atoms with van der Waals surface area (Å²) in [5.74, 6) is 1.15. The molecule has 0 saturated carbocycles. The van der Waals surface area contributed by atoms with Crippen LogP contribution in [0.25, 0.3) is 11.6 Å². The van der Waals surface area contributed by atoms with Crippen molar-refractivity contribution in [2.75, 3.05) is 0 Å². The highest BCUT2D eigenvalue weighted by molar-refractivity contribution is 8.00. The number of aromatic nitrogens is 3. The van der Waals surface area contributed by atoms with Crippen molar-refractivity contribution in [3.8, 4) is 11.6 Å². The van der Waals surface area contributed by atoms with Crippen LogP contribution in [0.3, 0.4) is 0 Å². The van der Waals surface area contributed by atoms with E-state index in [1.807, 2.05) is 29.7 Å². The quantitative estimate of drug-likeness (QED) is 0.452. The molecule has 2 heterocycles. The molecule has 8 heteroatoms. The first kappa shape index (κ1) is 19.3. The van der Waals surface area contributed by atoms with Crippen LogP contribution in [-0.4, -0.2) is 25.9 Å². The van der Waals surface area contributed by atoms with E-state index >= 15 is 0 Å². The van der Waals surface area contributed by atoms with Gasteiger partial charge in [-0.25, -0.2) is 0 Å². The smallest absolute Gasteiger partial charge is 0.233 e. The molecule has 1 atom stereocenters. The topological polar surface area (TPSA) is 73.0 Å². The second kappa shape index (κ2) is 8.92. The van der Waals surface area contributed by atoms with Crippen molar-refractivity contribution in [1.29, 1.82) is 0 Å². The molecule has 1 N–H and O–H groups in total. The molecule has 3 rings (SSSR count). The lowest BCUT2D eigenvalue weighted by Gasteiger charge is -2.12. The van der Waals surface area contributed by atoms with E-state index in [1.54, 1.807) is 30.5 Å². The lowest BCUT2D eigenvalue weighted by Crippen LogP contribution is -2.30. The summed E-state index contributed by atoms with van der Waals surface area (Å²) in [6.45, 7) is 6.57. The predicted molar refractivity (Wildman–Crippen MR) is 107 cm³/mol. The molecule has 0 aliphatic carbocycles. The second-order valence-corrected chi connectivity index (χ2v) is 7.53. The van der Waals surface area contributed by atoms with E-state index in [0.29, 0.717) is 34.9 Å². The van der Waals surface area contributed by atoms with Crippen molar-refractivity contribution < 1.29 is 9.21 Å². The molecule has 0 saturated heterocycles. The number of carbonyl (C=O) groups is 1. The first-order valence-electron chi connectivity index (χ1n) is 8.35. The lowest BCUT2D eigenvalue weighted by atomic mass is 10.2. The van der Waals surface area contributed by atoms with Crippen molar-refractivity contribution in [3.05, 3.63) is 65.9 Å². The number of nitrogens with zero attached hydrogens (tertiary/aromatic N) is 3. The van der Waals surface area contributed by atoms with Gasteiger partial charge in [0, 0.05) is 18.1 Å². The van der Waals surface area contributed by atoms with Gasteiger partial charge in [0.1, 0.15) is 0 Å². The van der Waals surface area contributed by atoms with Gasteiger partial charge < -0.3 is 9.73 Å². The molecule has 1 unspecified atom stereocenters. The Balaban J connectivity index is 1.66. The van der Waals surface area contributed by atoms with E-state index in [4.69, 9.17) is 16.0 Å². The number of nitrogens with one attached hydrogen (secondary N) is 1. The number of hydrogen-bond acceptors (Lipinski definition) is 5. The third-order valence-electron chi connectivity index (χ3n) is 3.80. The monoisotopic (exact) mass is 402 g/mol. The molecule has 0 fully saturated rings. The molecule has 3 aromatic rings.